The van der Waals surface area contributed by atoms with Crippen LogP contribution in [0.5, 0.6) is 0 Å². The lowest BCUT2D eigenvalue weighted by atomic mass is 10.0. The molecule has 0 amide bonds. The van der Waals surface area contributed by atoms with Gasteiger partial charge >= 0.3 is 0 Å². The van der Waals surface area contributed by atoms with Crippen LogP contribution in [0.4, 0.5) is 11.4 Å². The molecular formula is C23H24N2O. The van der Waals surface area contributed by atoms with Gasteiger partial charge in [0.05, 0.1) is 11.9 Å². The van der Waals surface area contributed by atoms with Crippen LogP contribution in [-0.2, 0) is 6.42 Å². The molecule has 0 unspecified atom stereocenters. The summed E-state index contributed by atoms with van der Waals surface area (Å²) < 4.78 is 0. The van der Waals surface area contributed by atoms with Gasteiger partial charge in [-0.1, -0.05) is 42.8 Å². The standard InChI is InChI=1S/C23H24N2O/c1-3-13-25(22-11-6-12-24-17-22)21-10-5-8-19(15-21)16-23(26)20-9-4-7-18(2)14-20/h4-12,14-15,17H,3,13,16H2,1-2H3. The molecule has 1 aromatic heterocycles. The van der Waals surface area contributed by atoms with Gasteiger partial charge in [-0.2, -0.15) is 0 Å². The number of carbonyl (C=O) groups is 1. The van der Waals surface area contributed by atoms with E-state index in [4.69, 9.17) is 0 Å². The highest BCUT2D eigenvalue weighted by molar-refractivity contribution is 5.97. The normalized spacial score (nSPS) is 10.5. The van der Waals surface area contributed by atoms with Gasteiger partial charge in [-0.15, -0.1) is 0 Å². The molecule has 0 bridgehead atoms. The molecule has 0 spiro atoms. The predicted octanol–water partition coefficient (Wildman–Crippen LogP) is 5.36. The van der Waals surface area contributed by atoms with Crippen molar-refractivity contribution in [3.63, 3.8) is 0 Å². The lowest BCUT2D eigenvalue weighted by molar-refractivity contribution is 0.0993. The lowest BCUT2D eigenvalue weighted by Gasteiger charge is -2.24. The summed E-state index contributed by atoms with van der Waals surface area (Å²) in [6.07, 6.45) is 5.09. The summed E-state index contributed by atoms with van der Waals surface area (Å²) in [6.45, 7) is 5.07. The fraction of sp³-hybridized carbons (Fsp3) is 0.217. The largest absolute Gasteiger partial charge is 0.340 e. The van der Waals surface area contributed by atoms with E-state index >= 15 is 0 Å². The monoisotopic (exact) mass is 344 g/mol. The van der Waals surface area contributed by atoms with Crippen LogP contribution in [0.2, 0.25) is 0 Å². The Balaban J connectivity index is 1.84. The minimum Gasteiger partial charge on any atom is -0.340 e. The van der Waals surface area contributed by atoms with E-state index < -0.39 is 0 Å². The molecule has 0 fully saturated rings. The number of aromatic nitrogens is 1. The Morgan fingerprint density at radius 1 is 1.00 bits per heavy atom. The second kappa shape index (κ2) is 8.43. The summed E-state index contributed by atoms with van der Waals surface area (Å²) in [4.78, 5) is 19.1. The molecule has 0 atom stereocenters. The van der Waals surface area contributed by atoms with Crippen molar-refractivity contribution in [1.29, 1.82) is 0 Å². The Hall–Kier alpha value is -2.94. The topological polar surface area (TPSA) is 33.2 Å². The number of pyridine rings is 1. The Bertz CT molecular complexity index is 874. The molecule has 0 radical (unpaired) electrons. The summed E-state index contributed by atoms with van der Waals surface area (Å²) in [5, 5.41) is 0. The van der Waals surface area contributed by atoms with Crippen molar-refractivity contribution in [2.45, 2.75) is 26.7 Å². The number of nitrogens with zero attached hydrogens (tertiary/aromatic N) is 2. The van der Waals surface area contributed by atoms with Crippen molar-refractivity contribution >= 4 is 17.2 Å². The first kappa shape index (κ1) is 17.9. The third-order valence-corrected chi connectivity index (χ3v) is 4.33. The van der Waals surface area contributed by atoms with Gasteiger partial charge in [-0.3, -0.25) is 9.78 Å². The molecule has 3 nitrogen and oxygen atoms in total. The van der Waals surface area contributed by atoms with Gasteiger partial charge in [-0.25, -0.2) is 0 Å². The molecule has 1 heterocycles. The summed E-state index contributed by atoms with van der Waals surface area (Å²) in [5.74, 6) is 0.147. The highest BCUT2D eigenvalue weighted by Gasteiger charge is 2.11. The number of Topliss-reactive ketones (excluding diaryl/α,β-unsaturated/α-hetero) is 1. The molecule has 3 aromatic rings. The summed E-state index contributed by atoms with van der Waals surface area (Å²) in [7, 11) is 0. The Labute approximate surface area is 155 Å². The second-order valence-corrected chi connectivity index (χ2v) is 6.50. The van der Waals surface area contributed by atoms with Gasteiger partial charge in [-0.05, 0) is 49.2 Å². The van der Waals surface area contributed by atoms with E-state index in [0.717, 1.165) is 41.0 Å². The zero-order chi connectivity index (χ0) is 18.4. The van der Waals surface area contributed by atoms with Gasteiger partial charge in [0.15, 0.2) is 5.78 Å². The first-order valence-electron chi connectivity index (χ1n) is 9.03. The number of hydrogen-bond donors (Lipinski definition) is 0. The van der Waals surface area contributed by atoms with E-state index in [2.05, 4.69) is 35.0 Å². The van der Waals surface area contributed by atoms with Crippen LogP contribution in [0.3, 0.4) is 0 Å². The molecule has 3 heteroatoms. The summed E-state index contributed by atoms with van der Waals surface area (Å²) in [5.41, 5.74) is 5.06. The maximum Gasteiger partial charge on any atom is 0.167 e. The van der Waals surface area contributed by atoms with Gasteiger partial charge < -0.3 is 4.90 Å². The van der Waals surface area contributed by atoms with E-state index in [1.54, 1.807) is 6.20 Å². The molecule has 3 rings (SSSR count). The Morgan fingerprint density at radius 2 is 1.81 bits per heavy atom. The number of anilines is 2. The molecule has 0 aliphatic rings. The molecule has 0 aliphatic heterocycles. The van der Waals surface area contributed by atoms with Crippen molar-refractivity contribution in [2.75, 3.05) is 11.4 Å². The molecular weight excluding hydrogens is 320 g/mol. The van der Waals surface area contributed by atoms with Gasteiger partial charge in [0.2, 0.25) is 0 Å². The molecule has 26 heavy (non-hydrogen) atoms. The van der Waals surface area contributed by atoms with Crippen molar-refractivity contribution < 1.29 is 4.79 Å². The maximum absolute atomic E-state index is 12.6. The highest BCUT2D eigenvalue weighted by atomic mass is 16.1. The number of aryl methyl sites for hydroxylation is 1. The van der Waals surface area contributed by atoms with Crippen molar-refractivity contribution in [2.24, 2.45) is 0 Å². The third-order valence-electron chi connectivity index (χ3n) is 4.33. The third kappa shape index (κ3) is 4.37. The zero-order valence-electron chi connectivity index (χ0n) is 15.4. The fourth-order valence-electron chi connectivity index (χ4n) is 3.08. The first-order valence-corrected chi connectivity index (χ1v) is 9.03. The van der Waals surface area contributed by atoms with Crippen molar-refractivity contribution in [3.05, 3.63) is 89.7 Å². The Morgan fingerprint density at radius 3 is 2.54 bits per heavy atom. The van der Waals surface area contributed by atoms with Crippen LogP contribution in [0.1, 0.15) is 34.8 Å². The van der Waals surface area contributed by atoms with E-state index in [9.17, 15) is 4.79 Å². The number of carbonyl (C=O) groups excluding carboxylic acids is 1. The first-order chi connectivity index (χ1) is 12.7. The lowest BCUT2D eigenvalue weighted by Crippen LogP contribution is -2.18. The van der Waals surface area contributed by atoms with Crippen LogP contribution in [0, 0.1) is 6.92 Å². The van der Waals surface area contributed by atoms with E-state index in [1.807, 2.05) is 55.6 Å². The van der Waals surface area contributed by atoms with E-state index in [0.29, 0.717) is 6.42 Å². The summed E-state index contributed by atoms with van der Waals surface area (Å²) in [6, 6.07) is 20.0. The SMILES string of the molecule is CCCN(c1cccnc1)c1cccc(CC(=O)c2cccc(C)c2)c1. The predicted molar refractivity (Wildman–Crippen MR) is 107 cm³/mol. The van der Waals surface area contributed by atoms with Crippen LogP contribution in [-0.4, -0.2) is 17.3 Å². The smallest absolute Gasteiger partial charge is 0.167 e. The minimum absolute atomic E-state index is 0.147. The molecule has 0 saturated heterocycles. The fourth-order valence-corrected chi connectivity index (χ4v) is 3.08. The van der Waals surface area contributed by atoms with E-state index in [1.165, 1.54) is 0 Å². The van der Waals surface area contributed by atoms with Crippen LogP contribution in [0.25, 0.3) is 0 Å². The zero-order valence-corrected chi connectivity index (χ0v) is 15.4. The molecule has 0 saturated carbocycles. The van der Waals surface area contributed by atoms with Crippen molar-refractivity contribution in [1.82, 2.24) is 4.98 Å². The number of hydrogen-bond acceptors (Lipinski definition) is 3. The van der Waals surface area contributed by atoms with Crippen LogP contribution < -0.4 is 4.90 Å². The molecule has 2 aromatic carbocycles. The Kier molecular flexibility index (Phi) is 5.80. The average molecular weight is 344 g/mol. The van der Waals surface area contributed by atoms with Gasteiger partial charge in [0.1, 0.15) is 0 Å². The van der Waals surface area contributed by atoms with Crippen LogP contribution >= 0.6 is 0 Å². The highest BCUT2D eigenvalue weighted by Crippen LogP contribution is 2.26. The van der Waals surface area contributed by atoms with E-state index in [-0.39, 0.29) is 5.78 Å². The molecule has 0 N–H and O–H groups in total. The minimum atomic E-state index is 0.147. The second-order valence-electron chi connectivity index (χ2n) is 6.50. The number of ketones is 1. The van der Waals surface area contributed by atoms with Crippen LogP contribution in [0.15, 0.2) is 73.1 Å². The average Bonchev–Trinajstić information content (AvgIpc) is 2.67. The summed E-state index contributed by atoms with van der Waals surface area (Å²) >= 11 is 0. The molecule has 0 aliphatic carbocycles. The quantitative estimate of drug-likeness (QED) is 0.541. The number of benzene rings is 2. The van der Waals surface area contributed by atoms with Gasteiger partial charge in [0, 0.05) is 30.4 Å². The van der Waals surface area contributed by atoms with Crippen molar-refractivity contribution in [3.8, 4) is 0 Å². The molecule has 132 valence electrons. The van der Waals surface area contributed by atoms with Gasteiger partial charge in [0.25, 0.3) is 0 Å². The number of rotatable bonds is 7. The maximum atomic E-state index is 12.6.